The van der Waals surface area contributed by atoms with Crippen molar-refractivity contribution in [1.29, 1.82) is 0 Å². The molecule has 0 unspecified atom stereocenters. The van der Waals surface area contributed by atoms with Crippen LogP contribution in [0, 0.1) is 5.92 Å². The van der Waals surface area contributed by atoms with E-state index in [1.165, 1.54) is 39.1 Å². The number of esters is 1. The predicted octanol–water partition coefficient (Wildman–Crippen LogP) is 3.52. The van der Waals surface area contributed by atoms with E-state index in [9.17, 15) is 4.79 Å². The molecule has 0 N–H and O–H groups in total. The molecule has 0 amide bonds. The van der Waals surface area contributed by atoms with E-state index in [1.54, 1.807) is 11.8 Å². The Labute approximate surface area is 157 Å². The molecule has 2 fully saturated rings. The molecule has 26 heavy (non-hydrogen) atoms. The molecule has 2 aliphatic rings. The fourth-order valence-electron chi connectivity index (χ4n) is 3.31. The van der Waals surface area contributed by atoms with Gasteiger partial charge in [0.15, 0.2) is 5.16 Å². The molecule has 2 aromatic rings. The second kappa shape index (κ2) is 7.34. The Bertz CT molecular complexity index is 775. The van der Waals surface area contributed by atoms with E-state index in [-0.39, 0.29) is 5.76 Å². The molecule has 7 nitrogen and oxygen atoms in total. The lowest BCUT2D eigenvalue weighted by Crippen LogP contribution is -2.34. The summed E-state index contributed by atoms with van der Waals surface area (Å²) in [4.78, 5) is 14.1. The molecule has 8 heteroatoms. The van der Waals surface area contributed by atoms with Gasteiger partial charge in [0, 0.05) is 30.4 Å². The van der Waals surface area contributed by atoms with Crippen LogP contribution in [0.1, 0.15) is 54.8 Å². The van der Waals surface area contributed by atoms with Gasteiger partial charge in [-0.1, -0.05) is 18.7 Å². The number of aromatic nitrogens is 3. The van der Waals surface area contributed by atoms with Crippen molar-refractivity contribution < 1.29 is 13.9 Å². The smallest absolute Gasteiger partial charge is 0.374 e. The number of rotatable bonds is 6. The first-order valence-electron chi connectivity index (χ1n) is 9.14. The van der Waals surface area contributed by atoms with E-state index in [1.807, 2.05) is 6.07 Å². The van der Waals surface area contributed by atoms with Gasteiger partial charge in [-0.25, -0.2) is 4.79 Å². The number of hydrogen-bond donors (Lipinski definition) is 0. The summed E-state index contributed by atoms with van der Waals surface area (Å²) < 4.78 is 12.3. The Hall–Kier alpha value is -1.96. The van der Waals surface area contributed by atoms with E-state index in [2.05, 4.69) is 26.6 Å². The number of carbonyl (C=O) groups is 1. The molecule has 4 rings (SSSR count). The third kappa shape index (κ3) is 3.47. The summed E-state index contributed by atoms with van der Waals surface area (Å²) in [6, 6.07) is 2.32. The van der Waals surface area contributed by atoms with Crippen LogP contribution in [0.15, 0.2) is 21.9 Å². The van der Waals surface area contributed by atoms with Gasteiger partial charge in [-0.3, -0.25) is 4.57 Å². The molecule has 3 heterocycles. The van der Waals surface area contributed by atoms with Gasteiger partial charge in [-0.15, -0.1) is 10.2 Å². The van der Waals surface area contributed by atoms with E-state index in [4.69, 9.17) is 9.15 Å². The maximum absolute atomic E-state index is 11.8. The second-order valence-corrected chi connectivity index (χ2v) is 8.05. The minimum absolute atomic E-state index is 0.266. The number of furan rings is 1. The summed E-state index contributed by atoms with van der Waals surface area (Å²) in [5.41, 5.74) is 0.820. The first-order chi connectivity index (χ1) is 12.7. The van der Waals surface area contributed by atoms with Crippen LogP contribution < -0.4 is 4.90 Å². The van der Waals surface area contributed by atoms with Crippen molar-refractivity contribution in [2.24, 2.45) is 5.92 Å². The Morgan fingerprint density at radius 1 is 1.31 bits per heavy atom. The summed E-state index contributed by atoms with van der Waals surface area (Å²) in [7, 11) is 1.36. The minimum atomic E-state index is -0.447. The van der Waals surface area contributed by atoms with E-state index in [0.29, 0.717) is 11.8 Å². The highest BCUT2D eigenvalue weighted by molar-refractivity contribution is 7.98. The molecule has 0 aromatic carbocycles. The fraction of sp³-hybridized carbons (Fsp3) is 0.611. The van der Waals surface area contributed by atoms with Crippen molar-refractivity contribution in [2.45, 2.75) is 49.6 Å². The van der Waals surface area contributed by atoms with Crippen LogP contribution in [0.2, 0.25) is 0 Å². The highest BCUT2D eigenvalue weighted by atomic mass is 32.2. The third-order valence-electron chi connectivity index (χ3n) is 5.10. The van der Waals surface area contributed by atoms with Gasteiger partial charge in [-0.2, -0.15) is 0 Å². The monoisotopic (exact) mass is 376 g/mol. The molecule has 1 aliphatic carbocycles. The van der Waals surface area contributed by atoms with Gasteiger partial charge in [-0.05, 0) is 37.7 Å². The Balaban J connectivity index is 1.51. The fourth-order valence-corrected chi connectivity index (χ4v) is 4.29. The van der Waals surface area contributed by atoms with Crippen LogP contribution in [0.25, 0.3) is 0 Å². The van der Waals surface area contributed by atoms with Crippen LogP contribution in [-0.4, -0.2) is 40.9 Å². The average molecular weight is 376 g/mol. The molecule has 0 radical (unpaired) electrons. The molecule has 0 bridgehead atoms. The zero-order chi connectivity index (χ0) is 18.1. The number of piperidine rings is 1. The van der Waals surface area contributed by atoms with E-state index in [0.717, 1.165) is 35.7 Å². The first-order valence-corrected chi connectivity index (χ1v) is 10.1. The molecule has 0 spiro atoms. The SMILES string of the molecule is COC(=O)c1occc1CSc1nnc(N2CCC(C)CC2)n1C1CC1. The number of anilines is 1. The van der Waals surface area contributed by atoms with Crippen molar-refractivity contribution in [3.8, 4) is 0 Å². The van der Waals surface area contributed by atoms with Crippen molar-refractivity contribution in [3.63, 3.8) is 0 Å². The second-order valence-electron chi connectivity index (χ2n) is 7.11. The van der Waals surface area contributed by atoms with Gasteiger partial charge in [0.1, 0.15) is 0 Å². The van der Waals surface area contributed by atoms with Crippen molar-refractivity contribution >= 4 is 23.7 Å². The van der Waals surface area contributed by atoms with Crippen LogP contribution in [0.5, 0.6) is 0 Å². The highest BCUT2D eigenvalue weighted by Crippen LogP contribution is 2.42. The topological polar surface area (TPSA) is 73.4 Å². The molecular formula is C18H24N4O3S. The van der Waals surface area contributed by atoms with Crippen LogP contribution in [0.4, 0.5) is 5.95 Å². The van der Waals surface area contributed by atoms with E-state index < -0.39 is 5.97 Å². The summed E-state index contributed by atoms with van der Waals surface area (Å²) >= 11 is 1.60. The number of nitrogens with zero attached hydrogens (tertiary/aromatic N) is 4. The van der Waals surface area contributed by atoms with Gasteiger partial charge in [0.05, 0.1) is 13.4 Å². The molecule has 2 aromatic heterocycles. The number of hydrogen-bond acceptors (Lipinski definition) is 7. The number of ether oxygens (including phenoxy) is 1. The lowest BCUT2D eigenvalue weighted by molar-refractivity contribution is 0.0564. The largest absolute Gasteiger partial charge is 0.463 e. The normalized spacial score (nSPS) is 18.3. The maximum Gasteiger partial charge on any atom is 0.374 e. The summed E-state index contributed by atoms with van der Waals surface area (Å²) in [5.74, 6) is 2.21. The number of methoxy groups -OCH3 is 1. The molecule has 140 valence electrons. The quantitative estimate of drug-likeness (QED) is 0.564. The first kappa shape index (κ1) is 17.5. The lowest BCUT2D eigenvalue weighted by Gasteiger charge is -2.31. The Morgan fingerprint density at radius 2 is 2.08 bits per heavy atom. The average Bonchev–Trinajstić information content (AvgIpc) is 3.23. The Kier molecular flexibility index (Phi) is 4.93. The summed E-state index contributed by atoms with van der Waals surface area (Å²) in [6.07, 6.45) is 6.30. The highest BCUT2D eigenvalue weighted by Gasteiger charge is 2.32. The summed E-state index contributed by atoms with van der Waals surface area (Å²) in [5, 5.41) is 9.87. The predicted molar refractivity (Wildman–Crippen MR) is 98.5 cm³/mol. The summed E-state index contributed by atoms with van der Waals surface area (Å²) in [6.45, 7) is 4.41. The zero-order valence-electron chi connectivity index (χ0n) is 15.2. The maximum atomic E-state index is 11.8. The zero-order valence-corrected chi connectivity index (χ0v) is 16.0. The van der Waals surface area contributed by atoms with Crippen LogP contribution >= 0.6 is 11.8 Å². The minimum Gasteiger partial charge on any atom is -0.463 e. The van der Waals surface area contributed by atoms with Gasteiger partial charge >= 0.3 is 5.97 Å². The lowest BCUT2D eigenvalue weighted by atomic mass is 10.00. The van der Waals surface area contributed by atoms with Crippen molar-refractivity contribution in [3.05, 3.63) is 23.7 Å². The molecule has 0 atom stereocenters. The van der Waals surface area contributed by atoms with Gasteiger partial charge < -0.3 is 14.1 Å². The van der Waals surface area contributed by atoms with Crippen molar-refractivity contribution in [1.82, 2.24) is 14.8 Å². The molecule has 1 saturated heterocycles. The van der Waals surface area contributed by atoms with Crippen LogP contribution in [-0.2, 0) is 10.5 Å². The van der Waals surface area contributed by atoms with Gasteiger partial charge in [0.2, 0.25) is 11.7 Å². The standard InChI is InChI=1S/C18H24N4O3S/c1-12-5-8-21(9-6-12)17-19-20-18(22(17)14-3-4-14)26-11-13-7-10-25-15(13)16(23)24-2/h7,10,12,14H,3-6,8-9,11H2,1-2H3. The third-order valence-corrected chi connectivity index (χ3v) is 6.09. The molecular weight excluding hydrogens is 352 g/mol. The number of carbonyl (C=O) groups excluding carboxylic acids is 1. The Morgan fingerprint density at radius 3 is 2.77 bits per heavy atom. The molecule has 1 aliphatic heterocycles. The molecule has 1 saturated carbocycles. The van der Waals surface area contributed by atoms with Crippen LogP contribution in [0.3, 0.4) is 0 Å². The van der Waals surface area contributed by atoms with Gasteiger partial charge in [0.25, 0.3) is 0 Å². The number of thioether (sulfide) groups is 1. The van der Waals surface area contributed by atoms with E-state index >= 15 is 0 Å². The van der Waals surface area contributed by atoms with Crippen molar-refractivity contribution in [2.75, 3.05) is 25.1 Å².